The zero-order valence-corrected chi connectivity index (χ0v) is 9.89. The molecule has 0 radical (unpaired) electrons. The summed E-state index contributed by atoms with van der Waals surface area (Å²) in [7, 11) is 0. The van der Waals surface area contributed by atoms with E-state index in [9.17, 15) is 0 Å². The Morgan fingerprint density at radius 3 is 2.73 bits per heavy atom. The van der Waals surface area contributed by atoms with Gasteiger partial charge < -0.3 is 5.73 Å². The van der Waals surface area contributed by atoms with Gasteiger partial charge in [-0.05, 0) is 31.2 Å². The van der Waals surface area contributed by atoms with Crippen LogP contribution in [-0.2, 0) is 0 Å². The highest BCUT2D eigenvalue weighted by Gasteiger charge is 1.92. The number of thioether (sulfide) groups is 1. The van der Waals surface area contributed by atoms with Crippen LogP contribution in [0.2, 0.25) is 0 Å². The van der Waals surface area contributed by atoms with Crippen molar-refractivity contribution in [3.05, 3.63) is 35.9 Å². The summed E-state index contributed by atoms with van der Waals surface area (Å²) in [5.41, 5.74) is 6.74. The molecular formula is C13H17NS. The lowest BCUT2D eigenvalue weighted by Gasteiger charge is -2.01. The first-order chi connectivity index (χ1) is 7.29. The number of nitrogens with two attached hydrogens (primary N) is 1. The zero-order chi connectivity index (χ0) is 10.9. The lowest BCUT2D eigenvalue weighted by molar-refractivity contribution is 0.721. The summed E-state index contributed by atoms with van der Waals surface area (Å²) in [6, 6.07) is 10.4. The van der Waals surface area contributed by atoms with E-state index in [0.717, 1.165) is 23.5 Å². The van der Waals surface area contributed by atoms with Gasteiger partial charge in [0.05, 0.1) is 5.75 Å². The average Bonchev–Trinajstić information content (AvgIpc) is 2.24. The largest absolute Gasteiger partial charge is 0.328 e. The van der Waals surface area contributed by atoms with Gasteiger partial charge in [-0.15, -0.1) is 11.8 Å². The molecule has 1 aromatic carbocycles. The first-order valence-electron chi connectivity index (χ1n) is 5.16. The van der Waals surface area contributed by atoms with Gasteiger partial charge in [-0.3, -0.25) is 0 Å². The molecule has 0 aliphatic rings. The fraction of sp³-hybridized carbons (Fsp3) is 0.385. The second kappa shape index (κ2) is 7.39. The second-order valence-corrected chi connectivity index (χ2v) is 4.59. The van der Waals surface area contributed by atoms with Crippen molar-refractivity contribution >= 4 is 11.8 Å². The summed E-state index contributed by atoms with van der Waals surface area (Å²) in [5, 5.41) is 0. The van der Waals surface area contributed by atoms with Crippen molar-refractivity contribution in [1.82, 2.24) is 0 Å². The van der Waals surface area contributed by atoms with E-state index in [4.69, 9.17) is 5.73 Å². The molecule has 0 bridgehead atoms. The molecule has 15 heavy (non-hydrogen) atoms. The molecule has 2 N–H and O–H groups in total. The molecule has 0 amide bonds. The third-order valence-electron chi connectivity index (χ3n) is 1.90. The predicted molar refractivity (Wildman–Crippen MR) is 68.9 cm³/mol. The molecule has 0 aliphatic heterocycles. The Morgan fingerprint density at radius 2 is 2.07 bits per heavy atom. The Kier molecular flexibility index (Phi) is 5.99. The topological polar surface area (TPSA) is 26.0 Å². The van der Waals surface area contributed by atoms with Gasteiger partial charge in [0.2, 0.25) is 0 Å². The van der Waals surface area contributed by atoms with E-state index >= 15 is 0 Å². The van der Waals surface area contributed by atoms with Crippen LogP contribution in [0.1, 0.15) is 18.9 Å². The smallest absolute Gasteiger partial charge is 0.0551 e. The highest BCUT2D eigenvalue weighted by atomic mass is 32.2. The van der Waals surface area contributed by atoms with Gasteiger partial charge in [-0.25, -0.2) is 0 Å². The van der Waals surface area contributed by atoms with Gasteiger partial charge in [0.25, 0.3) is 0 Å². The third-order valence-corrected chi connectivity index (χ3v) is 2.77. The van der Waals surface area contributed by atoms with Crippen LogP contribution in [0.5, 0.6) is 0 Å². The van der Waals surface area contributed by atoms with E-state index in [1.165, 1.54) is 0 Å². The fourth-order valence-electron chi connectivity index (χ4n) is 1.05. The number of rotatable bonds is 4. The molecule has 1 rings (SSSR count). The molecule has 0 saturated heterocycles. The van der Waals surface area contributed by atoms with Gasteiger partial charge in [0.1, 0.15) is 0 Å². The molecule has 2 heteroatoms. The minimum absolute atomic E-state index is 0.305. The molecule has 1 unspecified atom stereocenters. The standard InChI is InChI=1S/C13H17NS/c1-12(14)9-11-15-10-5-8-13-6-3-2-4-7-13/h2-4,6-7,12H,9-11,14H2,1H3. The molecule has 1 aromatic rings. The van der Waals surface area contributed by atoms with Crippen molar-refractivity contribution in [3.63, 3.8) is 0 Å². The predicted octanol–water partition coefficient (Wildman–Crippen LogP) is 2.51. The van der Waals surface area contributed by atoms with Crippen LogP contribution in [0.4, 0.5) is 0 Å². The highest BCUT2D eigenvalue weighted by molar-refractivity contribution is 7.99. The van der Waals surface area contributed by atoms with E-state index in [0.29, 0.717) is 6.04 Å². The zero-order valence-electron chi connectivity index (χ0n) is 9.07. The monoisotopic (exact) mass is 219 g/mol. The molecule has 0 heterocycles. The van der Waals surface area contributed by atoms with Crippen LogP contribution >= 0.6 is 11.8 Å². The summed E-state index contributed by atoms with van der Waals surface area (Å²) in [4.78, 5) is 0. The Bertz CT molecular complexity index is 321. The summed E-state index contributed by atoms with van der Waals surface area (Å²) in [5.74, 6) is 8.27. The Morgan fingerprint density at radius 1 is 1.33 bits per heavy atom. The third kappa shape index (κ3) is 6.22. The van der Waals surface area contributed by atoms with E-state index in [1.54, 1.807) is 0 Å². The van der Waals surface area contributed by atoms with Crippen molar-refractivity contribution in [3.8, 4) is 11.8 Å². The van der Waals surface area contributed by atoms with Crippen LogP contribution in [0.25, 0.3) is 0 Å². The van der Waals surface area contributed by atoms with Gasteiger partial charge in [0.15, 0.2) is 0 Å². The van der Waals surface area contributed by atoms with Crippen molar-refractivity contribution in [2.24, 2.45) is 5.73 Å². The SMILES string of the molecule is CC(N)CCSCC#Cc1ccccc1. The van der Waals surface area contributed by atoms with Crippen LogP contribution in [-0.4, -0.2) is 17.5 Å². The lowest BCUT2D eigenvalue weighted by atomic mass is 10.2. The number of hydrogen-bond acceptors (Lipinski definition) is 2. The Labute approximate surface area is 96.4 Å². The van der Waals surface area contributed by atoms with Crippen LogP contribution in [0.15, 0.2) is 30.3 Å². The molecule has 1 atom stereocenters. The minimum Gasteiger partial charge on any atom is -0.328 e. The number of benzene rings is 1. The van der Waals surface area contributed by atoms with Crippen molar-refractivity contribution in [1.29, 1.82) is 0 Å². The fourth-order valence-corrected chi connectivity index (χ4v) is 1.91. The highest BCUT2D eigenvalue weighted by Crippen LogP contribution is 2.03. The van der Waals surface area contributed by atoms with Crippen LogP contribution < -0.4 is 5.73 Å². The molecule has 0 aromatic heterocycles. The van der Waals surface area contributed by atoms with Crippen molar-refractivity contribution in [2.75, 3.05) is 11.5 Å². The van der Waals surface area contributed by atoms with Crippen molar-refractivity contribution in [2.45, 2.75) is 19.4 Å². The first-order valence-corrected chi connectivity index (χ1v) is 6.32. The minimum atomic E-state index is 0.305. The van der Waals surface area contributed by atoms with Gasteiger partial charge in [-0.2, -0.15) is 0 Å². The van der Waals surface area contributed by atoms with E-state index in [1.807, 2.05) is 49.0 Å². The van der Waals surface area contributed by atoms with Crippen LogP contribution in [0.3, 0.4) is 0 Å². The van der Waals surface area contributed by atoms with E-state index in [2.05, 4.69) is 11.8 Å². The second-order valence-electron chi connectivity index (χ2n) is 3.49. The van der Waals surface area contributed by atoms with Crippen molar-refractivity contribution < 1.29 is 0 Å². The summed E-state index contributed by atoms with van der Waals surface area (Å²) in [6.45, 7) is 2.04. The maximum Gasteiger partial charge on any atom is 0.0551 e. The normalized spacial score (nSPS) is 11.6. The van der Waals surface area contributed by atoms with E-state index in [-0.39, 0.29) is 0 Å². The maximum absolute atomic E-state index is 5.65. The molecular weight excluding hydrogens is 202 g/mol. The van der Waals surface area contributed by atoms with Gasteiger partial charge in [-0.1, -0.05) is 30.0 Å². The van der Waals surface area contributed by atoms with Crippen LogP contribution in [0, 0.1) is 11.8 Å². The average molecular weight is 219 g/mol. The Hall–Kier alpha value is -0.910. The lowest BCUT2D eigenvalue weighted by Crippen LogP contribution is -2.15. The Balaban J connectivity index is 2.18. The summed E-state index contributed by atoms with van der Waals surface area (Å²) in [6.07, 6.45) is 1.07. The van der Waals surface area contributed by atoms with Gasteiger partial charge >= 0.3 is 0 Å². The summed E-state index contributed by atoms with van der Waals surface area (Å²) >= 11 is 1.85. The first kappa shape index (κ1) is 12.2. The quantitative estimate of drug-likeness (QED) is 0.622. The molecule has 80 valence electrons. The molecule has 0 saturated carbocycles. The summed E-state index contributed by atoms with van der Waals surface area (Å²) < 4.78 is 0. The molecule has 0 fully saturated rings. The molecule has 0 aliphatic carbocycles. The number of hydrogen-bond donors (Lipinski definition) is 1. The molecule has 0 spiro atoms. The van der Waals surface area contributed by atoms with E-state index < -0.39 is 0 Å². The maximum atomic E-state index is 5.65. The molecule has 1 nitrogen and oxygen atoms in total. The van der Waals surface area contributed by atoms with Gasteiger partial charge in [0, 0.05) is 11.6 Å².